The standard InChI is InChI=1S/C16H11FN2O2/c17-12-3-1-2-10(8-12)4-6-14-13-9-11(16(20)21)5-7-15(13)19-18-14/h1-9H,(H,18,19)(H,20,21). The first-order chi connectivity index (χ1) is 10.1. The van der Waals surface area contributed by atoms with Crippen LogP contribution >= 0.6 is 0 Å². The van der Waals surface area contributed by atoms with E-state index in [1.807, 2.05) is 0 Å². The summed E-state index contributed by atoms with van der Waals surface area (Å²) in [5.74, 6) is -1.30. The van der Waals surface area contributed by atoms with Crippen LogP contribution in [0.5, 0.6) is 0 Å². The van der Waals surface area contributed by atoms with Gasteiger partial charge in [0, 0.05) is 5.39 Å². The molecular weight excluding hydrogens is 271 g/mol. The van der Waals surface area contributed by atoms with E-state index in [1.54, 1.807) is 36.4 Å². The molecule has 1 aromatic heterocycles. The van der Waals surface area contributed by atoms with Gasteiger partial charge in [-0.25, -0.2) is 9.18 Å². The SMILES string of the molecule is O=C(O)c1ccc2[nH]nc(C=Cc3cccc(F)c3)c2c1. The molecule has 2 aromatic carbocycles. The molecule has 5 heteroatoms. The van der Waals surface area contributed by atoms with Crippen molar-refractivity contribution in [3.63, 3.8) is 0 Å². The molecule has 0 amide bonds. The fourth-order valence-corrected chi connectivity index (χ4v) is 2.08. The van der Waals surface area contributed by atoms with Gasteiger partial charge in [-0.2, -0.15) is 5.10 Å². The predicted molar refractivity (Wildman–Crippen MR) is 78.4 cm³/mol. The normalized spacial score (nSPS) is 11.3. The zero-order chi connectivity index (χ0) is 14.8. The van der Waals surface area contributed by atoms with Crippen molar-refractivity contribution in [3.05, 3.63) is 65.1 Å². The number of aromatic nitrogens is 2. The summed E-state index contributed by atoms with van der Waals surface area (Å²) >= 11 is 0. The van der Waals surface area contributed by atoms with E-state index >= 15 is 0 Å². The molecule has 0 radical (unpaired) electrons. The molecule has 0 aliphatic carbocycles. The molecule has 2 N–H and O–H groups in total. The second-order valence-corrected chi connectivity index (χ2v) is 4.56. The molecule has 21 heavy (non-hydrogen) atoms. The number of halogens is 1. The smallest absolute Gasteiger partial charge is 0.335 e. The Labute approximate surface area is 119 Å². The number of carboxylic acids is 1. The first kappa shape index (κ1) is 13.1. The summed E-state index contributed by atoms with van der Waals surface area (Å²) in [6.07, 6.45) is 3.45. The third-order valence-electron chi connectivity index (χ3n) is 3.12. The van der Waals surface area contributed by atoms with E-state index in [4.69, 9.17) is 5.11 Å². The number of rotatable bonds is 3. The van der Waals surface area contributed by atoms with Gasteiger partial charge in [0.15, 0.2) is 0 Å². The highest BCUT2D eigenvalue weighted by Crippen LogP contribution is 2.20. The maximum absolute atomic E-state index is 13.1. The first-order valence-electron chi connectivity index (χ1n) is 6.28. The molecule has 0 aliphatic heterocycles. The number of fused-ring (bicyclic) bond motifs is 1. The second kappa shape index (κ2) is 5.20. The number of carboxylic acid groups (broad SMARTS) is 1. The molecule has 1 heterocycles. The zero-order valence-corrected chi connectivity index (χ0v) is 10.9. The number of hydrogen-bond donors (Lipinski definition) is 2. The third kappa shape index (κ3) is 2.67. The molecule has 0 bridgehead atoms. The number of carbonyl (C=O) groups is 1. The molecule has 0 atom stereocenters. The highest BCUT2D eigenvalue weighted by molar-refractivity contribution is 5.96. The van der Waals surface area contributed by atoms with E-state index in [-0.39, 0.29) is 11.4 Å². The quantitative estimate of drug-likeness (QED) is 0.771. The lowest BCUT2D eigenvalue weighted by Crippen LogP contribution is -1.94. The van der Waals surface area contributed by atoms with Crippen molar-refractivity contribution >= 4 is 29.0 Å². The lowest BCUT2D eigenvalue weighted by Gasteiger charge is -1.95. The van der Waals surface area contributed by atoms with Crippen LogP contribution in [0.15, 0.2) is 42.5 Å². The third-order valence-corrected chi connectivity index (χ3v) is 3.12. The van der Waals surface area contributed by atoms with Crippen molar-refractivity contribution in [2.75, 3.05) is 0 Å². The Bertz CT molecular complexity index is 852. The summed E-state index contributed by atoms with van der Waals surface area (Å²) in [6.45, 7) is 0. The number of aromatic carboxylic acids is 1. The van der Waals surface area contributed by atoms with E-state index in [1.165, 1.54) is 18.2 Å². The highest BCUT2D eigenvalue weighted by atomic mass is 19.1. The Balaban J connectivity index is 2.00. The van der Waals surface area contributed by atoms with Gasteiger partial charge in [-0.05, 0) is 42.0 Å². The predicted octanol–water partition coefficient (Wildman–Crippen LogP) is 3.57. The summed E-state index contributed by atoms with van der Waals surface area (Å²) in [5, 5.41) is 16.7. The lowest BCUT2D eigenvalue weighted by atomic mass is 10.1. The Morgan fingerprint density at radius 2 is 2.05 bits per heavy atom. The Kier molecular flexibility index (Phi) is 3.23. The van der Waals surface area contributed by atoms with Crippen LogP contribution in [0.25, 0.3) is 23.1 Å². The summed E-state index contributed by atoms with van der Waals surface area (Å²) in [4.78, 5) is 11.0. The average Bonchev–Trinajstić information content (AvgIpc) is 2.87. The van der Waals surface area contributed by atoms with Crippen molar-refractivity contribution in [2.24, 2.45) is 0 Å². The Morgan fingerprint density at radius 3 is 2.81 bits per heavy atom. The molecule has 3 rings (SSSR count). The molecule has 0 fully saturated rings. The molecule has 0 unspecified atom stereocenters. The fraction of sp³-hybridized carbons (Fsp3) is 0. The molecule has 0 aliphatic rings. The van der Waals surface area contributed by atoms with E-state index in [0.717, 1.165) is 5.52 Å². The Hall–Kier alpha value is -2.95. The molecule has 104 valence electrons. The number of nitrogens with zero attached hydrogens (tertiary/aromatic N) is 1. The maximum Gasteiger partial charge on any atom is 0.335 e. The highest BCUT2D eigenvalue weighted by Gasteiger charge is 2.08. The summed E-state index contributed by atoms with van der Waals surface area (Å²) in [5.41, 5.74) is 2.26. The summed E-state index contributed by atoms with van der Waals surface area (Å²) < 4.78 is 13.1. The molecule has 3 aromatic rings. The average molecular weight is 282 g/mol. The first-order valence-corrected chi connectivity index (χ1v) is 6.28. The molecule has 0 saturated carbocycles. The van der Waals surface area contributed by atoms with Crippen LogP contribution < -0.4 is 0 Å². The molecule has 0 spiro atoms. The summed E-state index contributed by atoms with van der Waals surface area (Å²) in [6, 6.07) is 10.9. The number of hydrogen-bond acceptors (Lipinski definition) is 2. The minimum atomic E-state index is -0.988. The molecule has 4 nitrogen and oxygen atoms in total. The number of nitrogens with one attached hydrogen (secondary N) is 1. The van der Waals surface area contributed by atoms with Gasteiger partial charge < -0.3 is 5.11 Å². The van der Waals surface area contributed by atoms with Gasteiger partial charge in [0.1, 0.15) is 5.82 Å². The van der Waals surface area contributed by atoms with E-state index in [2.05, 4.69) is 10.2 Å². The van der Waals surface area contributed by atoms with Crippen LogP contribution in [0.1, 0.15) is 21.6 Å². The number of H-pyrrole nitrogens is 1. The van der Waals surface area contributed by atoms with Crippen LogP contribution in [0.2, 0.25) is 0 Å². The second-order valence-electron chi connectivity index (χ2n) is 4.56. The van der Waals surface area contributed by atoms with Gasteiger partial charge >= 0.3 is 5.97 Å². The van der Waals surface area contributed by atoms with Crippen molar-refractivity contribution in [3.8, 4) is 0 Å². The zero-order valence-electron chi connectivity index (χ0n) is 10.9. The van der Waals surface area contributed by atoms with Crippen molar-refractivity contribution in [1.29, 1.82) is 0 Å². The van der Waals surface area contributed by atoms with Gasteiger partial charge in [0.05, 0.1) is 16.8 Å². The van der Waals surface area contributed by atoms with Crippen LogP contribution in [0, 0.1) is 5.82 Å². The van der Waals surface area contributed by atoms with Gasteiger partial charge in [0.2, 0.25) is 0 Å². The lowest BCUT2D eigenvalue weighted by molar-refractivity contribution is 0.0697. The van der Waals surface area contributed by atoms with Gasteiger partial charge in [-0.15, -0.1) is 0 Å². The number of benzene rings is 2. The largest absolute Gasteiger partial charge is 0.478 e. The Morgan fingerprint density at radius 1 is 1.19 bits per heavy atom. The van der Waals surface area contributed by atoms with Crippen molar-refractivity contribution < 1.29 is 14.3 Å². The van der Waals surface area contributed by atoms with Crippen LogP contribution in [-0.2, 0) is 0 Å². The molecular formula is C16H11FN2O2. The summed E-state index contributed by atoms with van der Waals surface area (Å²) in [7, 11) is 0. The monoisotopic (exact) mass is 282 g/mol. The molecule has 0 saturated heterocycles. The van der Waals surface area contributed by atoms with Crippen LogP contribution in [-0.4, -0.2) is 21.3 Å². The fourth-order valence-electron chi connectivity index (χ4n) is 2.08. The van der Waals surface area contributed by atoms with E-state index in [0.29, 0.717) is 16.6 Å². The maximum atomic E-state index is 13.1. The number of aromatic amines is 1. The van der Waals surface area contributed by atoms with E-state index < -0.39 is 5.97 Å². The minimum absolute atomic E-state index is 0.198. The van der Waals surface area contributed by atoms with Crippen LogP contribution in [0.4, 0.5) is 4.39 Å². The van der Waals surface area contributed by atoms with Crippen molar-refractivity contribution in [2.45, 2.75) is 0 Å². The minimum Gasteiger partial charge on any atom is -0.478 e. The van der Waals surface area contributed by atoms with E-state index in [9.17, 15) is 9.18 Å². The van der Waals surface area contributed by atoms with Gasteiger partial charge in [0.25, 0.3) is 0 Å². The van der Waals surface area contributed by atoms with Crippen molar-refractivity contribution in [1.82, 2.24) is 10.2 Å². The van der Waals surface area contributed by atoms with Crippen LogP contribution in [0.3, 0.4) is 0 Å². The topological polar surface area (TPSA) is 66.0 Å². The van der Waals surface area contributed by atoms with Gasteiger partial charge in [-0.3, -0.25) is 5.10 Å². The van der Waals surface area contributed by atoms with Gasteiger partial charge in [-0.1, -0.05) is 18.2 Å².